The molecule has 1 amide bonds. The highest BCUT2D eigenvalue weighted by atomic mass is 35.5. The molecular weight excluding hydrogens is 283 g/mol. The molecule has 0 spiro atoms. The summed E-state index contributed by atoms with van der Waals surface area (Å²) in [7, 11) is -4.57. The van der Waals surface area contributed by atoms with Crippen LogP contribution in [0.25, 0.3) is 0 Å². The van der Waals surface area contributed by atoms with Gasteiger partial charge in [0.05, 0.1) is 22.7 Å². The average Bonchev–Trinajstić information content (AvgIpc) is 2.57. The molecule has 1 fully saturated rings. The van der Waals surface area contributed by atoms with E-state index in [0.717, 1.165) is 0 Å². The van der Waals surface area contributed by atoms with Crippen LogP contribution in [0.15, 0.2) is 18.5 Å². The van der Waals surface area contributed by atoms with Gasteiger partial charge in [0, 0.05) is 25.1 Å². The fourth-order valence-electron chi connectivity index (χ4n) is 1.98. The van der Waals surface area contributed by atoms with Gasteiger partial charge in [0.2, 0.25) is 5.91 Å². The van der Waals surface area contributed by atoms with Crippen molar-refractivity contribution in [3.05, 3.63) is 23.5 Å². The van der Waals surface area contributed by atoms with E-state index in [4.69, 9.17) is 11.6 Å². The summed E-state index contributed by atoms with van der Waals surface area (Å²) < 4.78 is 33.7. The highest BCUT2D eigenvalue weighted by molar-refractivity contribution is 7.86. The molecule has 18 heavy (non-hydrogen) atoms. The van der Waals surface area contributed by atoms with Crippen molar-refractivity contribution in [3.8, 4) is 0 Å². The predicted octanol–water partition coefficient (Wildman–Crippen LogP) is 1.39. The zero-order valence-electron chi connectivity index (χ0n) is 9.21. The molecule has 0 radical (unpaired) electrons. The highest BCUT2D eigenvalue weighted by Gasteiger charge is 2.34. The van der Waals surface area contributed by atoms with Gasteiger partial charge in [-0.2, -0.15) is 8.42 Å². The van der Waals surface area contributed by atoms with Crippen molar-refractivity contribution in [2.24, 2.45) is 5.92 Å². The molecule has 1 unspecified atom stereocenters. The topological polar surface area (TPSA) is 67.3 Å². The van der Waals surface area contributed by atoms with E-state index in [1.54, 1.807) is 0 Å². The fraction of sp³-hybridized carbons (Fsp3) is 0.400. The van der Waals surface area contributed by atoms with E-state index < -0.39 is 21.9 Å². The maximum absolute atomic E-state index is 12.6. The molecule has 2 rings (SSSR count). The van der Waals surface area contributed by atoms with Gasteiger partial charge in [0.15, 0.2) is 0 Å². The van der Waals surface area contributed by atoms with Gasteiger partial charge < -0.3 is 4.90 Å². The van der Waals surface area contributed by atoms with Crippen molar-refractivity contribution in [2.45, 2.75) is 6.42 Å². The van der Waals surface area contributed by atoms with Crippen molar-refractivity contribution in [1.82, 2.24) is 4.98 Å². The van der Waals surface area contributed by atoms with E-state index in [2.05, 4.69) is 4.98 Å². The Morgan fingerprint density at radius 1 is 1.56 bits per heavy atom. The van der Waals surface area contributed by atoms with Gasteiger partial charge in [0.25, 0.3) is 0 Å². The monoisotopic (exact) mass is 292 g/mol. The minimum Gasteiger partial charge on any atom is -0.309 e. The Morgan fingerprint density at radius 3 is 2.89 bits per heavy atom. The summed E-state index contributed by atoms with van der Waals surface area (Å²) in [6.45, 7) is 0.132. The Kier molecular flexibility index (Phi) is 3.54. The first-order valence-corrected chi connectivity index (χ1v) is 7.12. The maximum Gasteiger partial charge on any atom is 0.302 e. The minimum absolute atomic E-state index is 0.00558. The molecule has 0 bridgehead atoms. The van der Waals surface area contributed by atoms with E-state index in [1.807, 2.05) is 0 Å². The lowest BCUT2D eigenvalue weighted by molar-refractivity contribution is -0.117. The summed E-state index contributed by atoms with van der Waals surface area (Å²) in [5.41, 5.74) is 0.419. The van der Waals surface area contributed by atoms with Crippen LogP contribution < -0.4 is 4.90 Å². The predicted molar refractivity (Wildman–Crippen MR) is 64.6 cm³/mol. The number of carbonyl (C=O) groups excluding carboxylic acids is 1. The molecule has 8 heteroatoms. The van der Waals surface area contributed by atoms with Crippen LogP contribution in [0.2, 0.25) is 5.02 Å². The van der Waals surface area contributed by atoms with Crippen LogP contribution in [0.4, 0.5) is 9.57 Å². The molecular formula is C10H10ClFN2O3S. The molecule has 1 atom stereocenters. The smallest absolute Gasteiger partial charge is 0.302 e. The summed E-state index contributed by atoms with van der Waals surface area (Å²) in [6.07, 6.45) is 2.90. The third kappa shape index (κ3) is 2.97. The Bertz CT molecular complexity index is 578. The number of pyridine rings is 1. The lowest BCUT2D eigenvalue weighted by atomic mass is 10.1. The number of amides is 1. The Labute approximate surface area is 109 Å². The quantitative estimate of drug-likeness (QED) is 0.790. The summed E-state index contributed by atoms with van der Waals surface area (Å²) in [5, 5.41) is 0.349. The number of carbonyl (C=O) groups is 1. The van der Waals surface area contributed by atoms with Crippen molar-refractivity contribution in [3.63, 3.8) is 0 Å². The lowest BCUT2D eigenvalue weighted by Crippen LogP contribution is -2.25. The lowest BCUT2D eigenvalue weighted by Gasteiger charge is -2.17. The van der Waals surface area contributed by atoms with Crippen LogP contribution in [0.5, 0.6) is 0 Å². The van der Waals surface area contributed by atoms with Gasteiger partial charge in [-0.1, -0.05) is 11.6 Å². The molecule has 0 N–H and O–H groups in total. The van der Waals surface area contributed by atoms with E-state index >= 15 is 0 Å². The van der Waals surface area contributed by atoms with Crippen molar-refractivity contribution in [2.75, 3.05) is 17.2 Å². The molecule has 1 aliphatic heterocycles. The van der Waals surface area contributed by atoms with Crippen LogP contribution >= 0.6 is 11.6 Å². The fourth-order valence-corrected chi connectivity index (χ4v) is 2.97. The van der Waals surface area contributed by atoms with E-state index in [-0.39, 0.29) is 18.9 Å². The van der Waals surface area contributed by atoms with Crippen molar-refractivity contribution in [1.29, 1.82) is 0 Å². The minimum atomic E-state index is -4.57. The number of halogens is 2. The molecule has 0 aliphatic carbocycles. The molecule has 1 aliphatic rings. The second-order valence-electron chi connectivity index (χ2n) is 4.11. The summed E-state index contributed by atoms with van der Waals surface area (Å²) in [4.78, 5) is 16.9. The number of aromatic nitrogens is 1. The van der Waals surface area contributed by atoms with Crippen LogP contribution in [0.3, 0.4) is 0 Å². The summed E-state index contributed by atoms with van der Waals surface area (Å²) in [5.74, 6) is -1.48. The van der Waals surface area contributed by atoms with Crippen LogP contribution in [-0.2, 0) is 15.0 Å². The van der Waals surface area contributed by atoms with Gasteiger partial charge in [-0.3, -0.25) is 9.78 Å². The van der Waals surface area contributed by atoms with Crippen molar-refractivity contribution >= 4 is 33.4 Å². The molecule has 1 aromatic heterocycles. The molecule has 98 valence electrons. The van der Waals surface area contributed by atoms with E-state index in [9.17, 15) is 17.1 Å². The van der Waals surface area contributed by atoms with Gasteiger partial charge in [-0.05, 0) is 6.07 Å². The number of hydrogen-bond donors (Lipinski definition) is 0. The number of hydrogen-bond acceptors (Lipinski definition) is 4. The van der Waals surface area contributed by atoms with E-state index in [0.29, 0.717) is 10.7 Å². The van der Waals surface area contributed by atoms with Crippen molar-refractivity contribution < 1.29 is 17.1 Å². The second-order valence-corrected chi connectivity index (χ2v) is 5.93. The van der Waals surface area contributed by atoms with Crippen LogP contribution in [0, 0.1) is 5.92 Å². The number of anilines is 1. The van der Waals surface area contributed by atoms with E-state index in [1.165, 1.54) is 23.4 Å². The van der Waals surface area contributed by atoms with Gasteiger partial charge in [-0.15, -0.1) is 3.89 Å². The molecule has 5 nitrogen and oxygen atoms in total. The zero-order valence-corrected chi connectivity index (χ0v) is 10.8. The largest absolute Gasteiger partial charge is 0.309 e. The summed E-state index contributed by atoms with van der Waals surface area (Å²) >= 11 is 5.92. The second kappa shape index (κ2) is 4.81. The molecule has 2 heterocycles. The Balaban J connectivity index is 2.18. The van der Waals surface area contributed by atoms with Gasteiger partial charge in [-0.25, -0.2) is 0 Å². The number of nitrogens with zero attached hydrogens (tertiary/aromatic N) is 2. The molecule has 1 aromatic rings. The Hall–Kier alpha value is -1.21. The summed E-state index contributed by atoms with van der Waals surface area (Å²) in [6, 6.07) is 1.53. The SMILES string of the molecule is O=C1CC(CS(=O)(=O)F)CN1c1cnccc1Cl. The van der Waals surface area contributed by atoms with Crippen LogP contribution in [0.1, 0.15) is 6.42 Å². The standard InChI is InChI=1S/C10H10ClFN2O3S/c11-8-1-2-13-4-9(8)14-5-7(3-10(14)15)6-18(12,16)17/h1-2,4,7H,3,5-6H2. The van der Waals surface area contributed by atoms with Crippen LogP contribution in [-0.4, -0.2) is 31.6 Å². The van der Waals surface area contributed by atoms with Gasteiger partial charge >= 0.3 is 10.2 Å². The normalized spacial score (nSPS) is 20.4. The zero-order chi connectivity index (χ0) is 13.3. The third-order valence-corrected chi connectivity index (χ3v) is 3.87. The third-order valence-electron chi connectivity index (χ3n) is 2.68. The molecule has 0 saturated carbocycles. The number of rotatable bonds is 3. The first-order chi connectivity index (χ1) is 8.37. The van der Waals surface area contributed by atoms with Gasteiger partial charge in [0.1, 0.15) is 0 Å². The highest BCUT2D eigenvalue weighted by Crippen LogP contribution is 2.30. The maximum atomic E-state index is 12.6. The molecule has 0 aromatic carbocycles. The molecule has 1 saturated heterocycles. The average molecular weight is 293 g/mol. The Morgan fingerprint density at radius 2 is 2.28 bits per heavy atom. The first-order valence-electron chi connectivity index (χ1n) is 5.19. The first kappa shape index (κ1) is 13.2.